The highest BCUT2D eigenvalue weighted by molar-refractivity contribution is 4.99. The predicted molar refractivity (Wildman–Crippen MR) is 62.2 cm³/mol. The molecule has 80 valence electrons. The second-order valence-electron chi connectivity index (χ2n) is 4.30. The molecule has 0 aromatic rings. The zero-order valence-corrected chi connectivity index (χ0v) is 9.66. The van der Waals surface area contributed by atoms with Gasteiger partial charge in [0.1, 0.15) is 0 Å². The summed E-state index contributed by atoms with van der Waals surface area (Å²) in [6, 6.07) is 0. The van der Waals surface area contributed by atoms with Crippen molar-refractivity contribution >= 4 is 0 Å². The van der Waals surface area contributed by atoms with Crippen LogP contribution >= 0.6 is 0 Å². The molecule has 0 saturated carbocycles. The molecule has 14 heavy (non-hydrogen) atoms. The SMILES string of the molecule is CC#CCCC1(CC)CCCCCN1. The zero-order chi connectivity index (χ0) is 10.3. The summed E-state index contributed by atoms with van der Waals surface area (Å²) in [4.78, 5) is 0. The number of hydrogen-bond acceptors (Lipinski definition) is 1. The molecule has 1 nitrogen and oxygen atoms in total. The van der Waals surface area contributed by atoms with Gasteiger partial charge in [-0.1, -0.05) is 19.8 Å². The van der Waals surface area contributed by atoms with E-state index in [1.54, 1.807) is 0 Å². The Morgan fingerprint density at radius 2 is 2.14 bits per heavy atom. The molecule has 1 aliphatic rings. The van der Waals surface area contributed by atoms with E-state index in [0.717, 1.165) is 6.42 Å². The van der Waals surface area contributed by atoms with Crippen LogP contribution in [0.3, 0.4) is 0 Å². The first kappa shape index (κ1) is 11.6. The summed E-state index contributed by atoms with van der Waals surface area (Å²) in [6.45, 7) is 5.43. The van der Waals surface area contributed by atoms with Gasteiger partial charge in [-0.15, -0.1) is 11.8 Å². The fraction of sp³-hybridized carbons (Fsp3) is 0.846. The van der Waals surface area contributed by atoms with Crippen LogP contribution in [0.1, 0.15) is 58.8 Å². The first-order chi connectivity index (χ1) is 6.83. The van der Waals surface area contributed by atoms with Crippen LogP contribution in [0.2, 0.25) is 0 Å². The van der Waals surface area contributed by atoms with Gasteiger partial charge in [-0.05, 0) is 39.2 Å². The molecule has 0 aromatic carbocycles. The average molecular weight is 193 g/mol. The van der Waals surface area contributed by atoms with E-state index in [1.807, 2.05) is 6.92 Å². The Labute approximate surface area is 88.7 Å². The number of nitrogens with one attached hydrogen (secondary N) is 1. The van der Waals surface area contributed by atoms with Crippen LogP contribution in [0.5, 0.6) is 0 Å². The molecule has 1 unspecified atom stereocenters. The Hall–Kier alpha value is -0.480. The van der Waals surface area contributed by atoms with Gasteiger partial charge in [-0.2, -0.15) is 0 Å². The maximum absolute atomic E-state index is 3.74. The third-order valence-electron chi connectivity index (χ3n) is 3.41. The van der Waals surface area contributed by atoms with Crippen molar-refractivity contribution in [1.82, 2.24) is 5.32 Å². The molecule has 0 radical (unpaired) electrons. The van der Waals surface area contributed by atoms with Gasteiger partial charge in [0.25, 0.3) is 0 Å². The molecule has 1 atom stereocenters. The molecule has 1 heteroatoms. The molecule has 1 fully saturated rings. The second kappa shape index (κ2) is 6.09. The number of rotatable bonds is 3. The van der Waals surface area contributed by atoms with E-state index in [9.17, 15) is 0 Å². The molecule has 1 saturated heterocycles. The Kier molecular flexibility index (Phi) is 5.04. The maximum atomic E-state index is 3.74. The first-order valence-electron chi connectivity index (χ1n) is 5.97. The van der Waals surface area contributed by atoms with Crippen LogP contribution in [0.15, 0.2) is 0 Å². The molecule has 1 rings (SSSR count). The summed E-state index contributed by atoms with van der Waals surface area (Å²) < 4.78 is 0. The molecule has 0 amide bonds. The van der Waals surface area contributed by atoms with Gasteiger partial charge < -0.3 is 5.32 Å². The van der Waals surface area contributed by atoms with Crippen molar-refractivity contribution in [2.45, 2.75) is 64.3 Å². The molecular formula is C13H23N. The van der Waals surface area contributed by atoms with Crippen molar-refractivity contribution in [3.05, 3.63) is 0 Å². The Morgan fingerprint density at radius 1 is 1.29 bits per heavy atom. The lowest BCUT2D eigenvalue weighted by Gasteiger charge is -2.32. The van der Waals surface area contributed by atoms with Crippen molar-refractivity contribution in [3.8, 4) is 11.8 Å². The van der Waals surface area contributed by atoms with Gasteiger partial charge >= 0.3 is 0 Å². The molecular weight excluding hydrogens is 170 g/mol. The summed E-state index contributed by atoms with van der Waals surface area (Å²) in [6.07, 6.45) is 9.00. The monoisotopic (exact) mass is 193 g/mol. The van der Waals surface area contributed by atoms with Gasteiger partial charge in [-0.25, -0.2) is 0 Å². The van der Waals surface area contributed by atoms with Gasteiger partial charge in [-0.3, -0.25) is 0 Å². The van der Waals surface area contributed by atoms with E-state index in [2.05, 4.69) is 24.1 Å². The predicted octanol–water partition coefficient (Wildman–Crippen LogP) is 3.10. The molecule has 1 N–H and O–H groups in total. The molecule has 0 spiro atoms. The summed E-state index contributed by atoms with van der Waals surface area (Å²) >= 11 is 0. The maximum Gasteiger partial charge on any atom is 0.0188 e. The second-order valence-corrected chi connectivity index (χ2v) is 4.30. The lowest BCUT2D eigenvalue weighted by Crippen LogP contribution is -2.43. The van der Waals surface area contributed by atoms with Crippen LogP contribution in [0.25, 0.3) is 0 Å². The van der Waals surface area contributed by atoms with Crippen molar-refractivity contribution in [2.24, 2.45) is 0 Å². The zero-order valence-electron chi connectivity index (χ0n) is 9.66. The lowest BCUT2D eigenvalue weighted by molar-refractivity contribution is 0.286. The summed E-state index contributed by atoms with van der Waals surface area (Å²) in [5.41, 5.74) is 0.403. The molecule has 0 aliphatic carbocycles. The lowest BCUT2D eigenvalue weighted by atomic mass is 9.86. The van der Waals surface area contributed by atoms with Crippen LogP contribution in [0, 0.1) is 11.8 Å². The minimum absolute atomic E-state index is 0.403. The van der Waals surface area contributed by atoms with Crippen molar-refractivity contribution < 1.29 is 0 Å². The van der Waals surface area contributed by atoms with Crippen LogP contribution in [-0.4, -0.2) is 12.1 Å². The van der Waals surface area contributed by atoms with Crippen molar-refractivity contribution in [3.63, 3.8) is 0 Å². The Morgan fingerprint density at radius 3 is 2.86 bits per heavy atom. The molecule has 1 heterocycles. The van der Waals surface area contributed by atoms with E-state index in [-0.39, 0.29) is 0 Å². The van der Waals surface area contributed by atoms with Crippen LogP contribution in [-0.2, 0) is 0 Å². The summed E-state index contributed by atoms with van der Waals surface area (Å²) in [5.74, 6) is 6.17. The normalized spacial score (nSPS) is 27.6. The quantitative estimate of drug-likeness (QED) is 0.679. The first-order valence-corrected chi connectivity index (χ1v) is 5.97. The average Bonchev–Trinajstić information content (AvgIpc) is 2.45. The van der Waals surface area contributed by atoms with Gasteiger partial charge in [0.15, 0.2) is 0 Å². The smallest absolute Gasteiger partial charge is 0.0188 e. The van der Waals surface area contributed by atoms with Crippen LogP contribution < -0.4 is 5.32 Å². The minimum atomic E-state index is 0.403. The highest BCUT2D eigenvalue weighted by atomic mass is 15.0. The standard InChI is InChI=1S/C13H23N/c1-3-5-7-10-13(4-2)11-8-6-9-12-14-13/h14H,4,6-12H2,1-2H3. The van der Waals surface area contributed by atoms with E-state index in [0.29, 0.717) is 5.54 Å². The van der Waals surface area contributed by atoms with E-state index in [1.165, 1.54) is 45.1 Å². The molecule has 0 aromatic heterocycles. The van der Waals surface area contributed by atoms with Crippen molar-refractivity contribution in [2.75, 3.05) is 6.54 Å². The summed E-state index contributed by atoms with van der Waals surface area (Å²) in [7, 11) is 0. The van der Waals surface area contributed by atoms with E-state index >= 15 is 0 Å². The van der Waals surface area contributed by atoms with Crippen molar-refractivity contribution in [1.29, 1.82) is 0 Å². The van der Waals surface area contributed by atoms with Crippen LogP contribution in [0.4, 0.5) is 0 Å². The minimum Gasteiger partial charge on any atom is -0.311 e. The molecule has 0 bridgehead atoms. The highest BCUT2D eigenvalue weighted by Crippen LogP contribution is 2.26. The van der Waals surface area contributed by atoms with Gasteiger partial charge in [0.05, 0.1) is 0 Å². The topological polar surface area (TPSA) is 12.0 Å². The highest BCUT2D eigenvalue weighted by Gasteiger charge is 2.27. The largest absolute Gasteiger partial charge is 0.311 e. The van der Waals surface area contributed by atoms with Gasteiger partial charge in [0, 0.05) is 12.0 Å². The van der Waals surface area contributed by atoms with E-state index < -0.39 is 0 Å². The Balaban J connectivity index is 2.47. The Bertz CT molecular complexity index is 201. The fourth-order valence-electron chi connectivity index (χ4n) is 2.33. The third-order valence-corrected chi connectivity index (χ3v) is 3.41. The number of hydrogen-bond donors (Lipinski definition) is 1. The third kappa shape index (κ3) is 3.35. The molecule has 1 aliphatic heterocycles. The fourth-order valence-corrected chi connectivity index (χ4v) is 2.33. The summed E-state index contributed by atoms with van der Waals surface area (Å²) in [5, 5.41) is 3.74. The van der Waals surface area contributed by atoms with E-state index in [4.69, 9.17) is 0 Å². The van der Waals surface area contributed by atoms with Gasteiger partial charge in [0.2, 0.25) is 0 Å².